The lowest BCUT2D eigenvalue weighted by Gasteiger charge is -2.21. The Morgan fingerprint density at radius 3 is 2.52 bits per heavy atom. The van der Waals surface area contributed by atoms with Gasteiger partial charge in [0.05, 0.1) is 5.75 Å². The first-order valence-corrected chi connectivity index (χ1v) is 9.47. The molecule has 3 amide bonds. The standard InChI is InChI=1S/C18H24N2O6S/c1-11(16(22)19-17(23)20-18(2,3)4)26-15(21)10-27-12-5-6-13-14(9-12)25-8-7-24-13/h5-6,9,11H,7-8,10H2,1-4H3,(H2,19,20,22,23)/t11-/m0/s1. The summed E-state index contributed by atoms with van der Waals surface area (Å²) in [5, 5.41) is 4.74. The number of benzene rings is 1. The Kier molecular flexibility index (Phi) is 6.95. The molecule has 0 saturated carbocycles. The molecule has 9 heteroatoms. The van der Waals surface area contributed by atoms with Gasteiger partial charge in [-0.1, -0.05) is 0 Å². The van der Waals surface area contributed by atoms with Crippen LogP contribution in [-0.2, 0) is 14.3 Å². The normalized spacial score (nSPS) is 14.1. The molecule has 1 aromatic rings. The molecule has 1 aliphatic rings. The number of fused-ring (bicyclic) bond motifs is 1. The van der Waals surface area contributed by atoms with Crippen molar-refractivity contribution in [2.24, 2.45) is 0 Å². The minimum Gasteiger partial charge on any atom is -0.486 e. The van der Waals surface area contributed by atoms with E-state index in [1.807, 2.05) is 6.07 Å². The first-order valence-electron chi connectivity index (χ1n) is 8.49. The van der Waals surface area contributed by atoms with Crippen LogP contribution in [-0.4, -0.2) is 48.5 Å². The van der Waals surface area contributed by atoms with E-state index in [0.29, 0.717) is 24.7 Å². The van der Waals surface area contributed by atoms with Crippen molar-refractivity contribution < 1.29 is 28.6 Å². The predicted molar refractivity (Wildman–Crippen MR) is 100 cm³/mol. The summed E-state index contributed by atoms with van der Waals surface area (Å²) in [5.41, 5.74) is -0.482. The molecule has 0 saturated heterocycles. The largest absolute Gasteiger partial charge is 0.486 e. The summed E-state index contributed by atoms with van der Waals surface area (Å²) in [5.74, 6) is 0.0817. The number of urea groups is 1. The molecular weight excluding hydrogens is 372 g/mol. The van der Waals surface area contributed by atoms with Crippen LogP contribution in [0, 0.1) is 0 Å². The first kappa shape index (κ1) is 20.9. The maximum absolute atomic E-state index is 12.0. The number of amides is 3. The Morgan fingerprint density at radius 2 is 1.85 bits per heavy atom. The smallest absolute Gasteiger partial charge is 0.321 e. The van der Waals surface area contributed by atoms with Gasteiger partial charge in [-0.05, 0) is 45.9 Å². The lowest BCUT2D eigenvalue weighted by molar-refractivity contribution is -0.151. The number of esters is 1. The number of hydrogen-bond acceptors (Lipinski definition) is 7. The summed E-state index contributed by atoms with van der Waals surface area (Å²) in [6.45, 7) is 7.77. The van der Waals surface area contributed by atoms with E-state index in [2.05, 4.69) is 10.6 Å². The number of carbonyl (C=O) groups excluding carboxylic acids is 3. The van der Waals surface area contributed by atoms with E-state index in [1.165, 1.54) is 18.7 Å². The first-order chi connectivity index (χ1) is 12.6. The van der Waals surface area contributed by atoms with E-state index in [1.54, 1.807) is 32.9 Å². The molecule has 0 aliphatic carbocycles. The topological polar surface area (TPSA) is 103 Å². The van der Waals surface area contributed by atoms with Gasteiger partial charge >= 0.3 is 12.0 Å². The molecule has 0 bridgehead atoms. The third-order valence-corrected chi connectivity index (χ3v) is 4.24. The Labute approximate surface area is 162 Å². The summed E-state index contributed by atoms with van der Waals surface area (Å²) in [6, 6.07) is 4.75. The fourth-order valence-electron chi connectivity index (χ4n) is 2.13. The van der Waals surface area contributed by atoms with E-state index >= 15 is 0 Å². The molecule has 27 heavy (non-hydrogen) atoms. The zero-order chi connectivity index (χ0) is 20.0. The third-order valence-electron chi connectivity index (χ3n) is 3.27. The Morgan fingerprint density at radius 1 is 1.19 bits per heavy atom. The molecule has 1 heterocycles. The van der Waals surface area contributed by atoms with Crippen LogP contribution in [0.5, 0.6) is 11.5 Å². The molecule has 148 valence electrons. The van der Waals surface area contributed by atoms with Gasteiger partial charge in [-0.3, -0.25) is 14.9 Å². The van der Waals surface area contributed by atoms with Gasteiger partial charge in [0.15, 0.2) is 17.6 Å². The van der Waals surface area contributed by atoms with Crippen molar-refractivity contribution in [3.63, 3.8) is 0 Å². The average Bonchev–Trinajstić information content (AvgIpc) is 2.58. The van der Waals surface area contributed by atoms with Gasteiger partial charge in [-0.2, -0.15) is 0 Å². The van der Waals surface area contributed by atoms with E-state index in [4.69, 9.17) is 14.2 Å². The van der Waals surface area contributed by atoms with Crippen LogP contribution >= 0.6 is 11.8 Å². The summed E-state index contributed by atoms with van der Waals surface area (Å²) >= 11 is 1.26. The summed E-state index contributed by atoms with van der Waals surface area (Å²) in [7, 11) is 0. The summed E-state index contributed by atoms with van der Waals surface area (Å²) in [6.07, 6.45) is -1.08. The molecule has 0 spiro atoms. The molecule has 2 N–H and O–H groups in total. The molecule has 2 rings (SSSR count). The minimum absolute atomic E-state index is 0.0193. The minimum atomic E-state index is -1.08. The number of imide groups is 1. The predicted octanol–water partition coefficient (Wildman–Crippen LogP) is 2.11. The van der Waals surface area contributed by atoms with Crippen molar-refractivity contribution in [2.75, 3.05) is 19.0 Å². The van der Waals surface area contributed by atoms with E-state index in [-0.39, 0.29) is 5.75 Å². The number of ether oxygens (including phenoxy) is 3. The zero-order valence-corrected chi connectivity index (χ0v) is 16.6. The van der Waals surface area contributed by atoms with Crippen molar-refractivity contribution in [3.8, 4) is 11.5 Å². The summed E-state index contributed by atoms with van der Waals surface area (Å²) in [4.78, 5) is 36.4. The number of nitrogens with one attached hydrogen (secondary N) is 2. The molecule has 0 aromatic heterocycles. The van der Waals surface area contributed by atoms with E-state index < -0.39 is 29.6 Å². The SMILES string of the molecule is C[C@H](OC(=O)CSc1ccc2c(c1)OCCO2)C(=O)NC(=O)NC(C)(C)C. The van der Waals surface area contributed by atoms with Gasteiger partial charge in [0.1, 0.15) is 13.2 Å². The highest BCUT2D eigenvalue weighted by molar-refractivity contribution is 8.00. The second-order valence-electron chi connectivity index (χ2n) is 6.92. The monoisotopic (exact) mass is 396 g/mol. The fraction of sp³-hybridized carbons (Fsp3) is 0.500. The van der Waals surface area contributed by atoms with Gasteiger partial charge in [-0.25, -0.2) is 4.79 Å². The van der Waals surface area contributed by atoms with Crippen LogP contribution in [0.4, 0.5) is 4.79 Å². The quantitative estimate of drug-likeness (QED) is 0.580. The lowest BCUT2D eigenvalue weighted by atomic mass is 10.1. The highest BCUT2D eigenvalue weighted by Crippen LogP contribution is 2.34. The van der Waals surface area contributed by atoms with Crippen LogP contribution in [0.2, 0.25) is 0 Å². The van der Waals surface area contributed by atoms with Crippen LogP contribution < -0.4 is 20.1 Å². The number of carbonyl (C=O) groups is 3. The second-order valence-corrected chi connectivity index (χ2v) is 7.97. The number of thioether (sulfide) groups is 1. The van der Waals surface area contributed by atoms with Crippen LogP contribution in [0.25, 0.3) is 0 Å². The maximum Gasteiger partial charge on any atom is 0.321 e. The van der Waals surface area contributed by atoms with Crippen molar-refractivity contribution in [1.29, 1.82) is 0 Å². The van der Waals surface area contributed by atoms with E-state index in [0.717, 1.165) is 4.90 Å². The van der Waals surface area contributed by atoms with Crippen LogP contribution in [0.15, 0.2) is 23.1 Å². The zero-order valence-electron chi connectivity index (χ0n) is 15.8. The number of rotatable bonds is 5. The molecule has 0 radical (unpaired) electrons. The molecular formula is C18H24N2O6S. The summed E-state index contributed by atoms with van der Waals surface area (Å²) < 4.78 is 16.0. The van der Waals surface area contributed by atoms with Crippen LogP contribution in [0.3, 0.4) is 0 Å². The third kappa shape index (κ3) is 7.01. The van der Waals surface area contributed by atoms with Gasteiger partial charge in [-0.15, -0.1) is 11.8 Å². The van der Waals surface area contributed by atoms with Crippen molar-refractivity contribution >= 4 is 29.7 Å². The van der Waals surface area contributed by atoms with Crippen molar-refractivity contribution in [2.45, 2.75) is 44.2 Å². The van der Waals surface area contributed by atoms with Crippen molar-refractivity contribution in [1.82, 2.24) is 10.6 Å². The number of hydrogen-bond donors (Lipinski definition) is 2. The van der Waals surface area contributed by atoms with Gasteiger partial charge in [0.2, 0.25) is 0 Å². The Balaban J connectivity index is 1.77. The Bertz CT molecular complexity index is 716. The molecule has 8 nitrogen and oxygen atoms in total. The van der Waals surface area contributed by atoms with Crippen molar-refractivity contribution in [3.05, 3.63) is 18.2 Å². The van der Waals surface area contributed by atoms with Gasteiger partial charge in [0.25, 0.3) is 5.91 Å². The molecule has 0 fully saturated rings. The van der Waals surface area contributed by atoms with Gasteiger partial charge < -0.3 is 19.5 Å². The highest BCUT2D eigenvalue weighted by atomic mass is 32.2. The molecule has 1 atom stereocenters. The molecule has 0 unspecified atom stereocenters. The van der Waals surface area contributed by atoms with E-state index in [9.17, 15) is 14.4 Å². The second kappa shape index (κ2) is 8.98. The Hall–Kier alpha value is -2.42. The lowest BCUT2D eigenvalue weighted by Crippen LogP contribution is -2.50. The fourth-order valence-corrected chi connectivity index (χ4v) is 2.83. The van der Waals surface area contributed by atoms with Crippen LogP contribution in [0.1, 0.15) is 27.7 Å². The highest BCUT2D eigenvalue weighted by Gasteiger charge is 2.22. The maximum atomic E-state index is 12.0. The average molecular weight is 396 g/mol. The van der Waals surface area contributed by atoms with Gasteiger partial charge in [0, 0.05) is 10.4 Å². The molecule has 1 aliphatic heterocycles. The molecule has 1 aromatic carbocycles.